The lowest BCUT2D eigenvalue weighted by Gasteiger charge is -2.48. The summed E-state index contributed by atoms with van der Waals surface area (Å²) in [7, 11) is 0. The number of hydrogen-bond acceptors (Lipinski definition) is 1. The first-order chi connectivity index (χ1) is 26.5. The summed E-state index contributed by atoms with van der Waals surface area (Å²) in [6, 6.07) is 61.6. The second-order valence-electron chi connectivity index (χ2n) is 15.0. The molecule has 1 nitrogen and oxygen atoms in total. The van der Waals surface area contributed by atoms with Gasteiger partial charge in [0.05, 0.1) is 16.5 Å². The van der Waals surface area contributed by atoms with Crippen molar-refractivity contribution < 1.29 is 0 Å². The highest BCUT2D eigenvalue weighted by Crippen LogP contribution is 2.68. The zero-order valence-corrected chi connectivity index (χ0v) is 31.0. The van der Waals surface area contributed by atoms with Gasteiger partial charge in [-0.3, -0.25) is 0 Å². The van der Waals surface area contributed by atoms with Crippen molar-refractivity contribution in [1.82, 2.24) is 0 Å². The molecule has 3 aliphatic rings. The van der Waals surface area contributed by atoms with Crippen molar-refractivity contribution in [3.63, 3.8) is 0 Å². The molecule has 0 amide bonds. The molecule has 7 aromatic rings. The lowest BCUT2D eigenvalue weighted by Crippen LogP contribution is -2.43. The fourth-order valence-corrected chi connectivity index (χ4v) is 10.0. The van der Waals surface area contributed by atoms with Crippen molar-refractivity contribution in [2.75, 3.05) is 4.90 Å². The minimum atomic E-state index is -0.551. The Balaban J connectivity index is 1.32. The molecule has 0 aliphatic heterocycles. The van der Waals surface area contributed by atoms with E-state index in [1.807, 2.05) is 0 Å². The highest BCUT2D eigenvalue weighted by atomic mass is 15.1. The van der Waals surface area contributed by atoms with Crippen LogP contribution in [0.5, 0.6) is 0 Å². The summed E-state index contributed by atoms with van der Waals surface area (Å²) in [6.07, 6.45) is 6.44. The van der Waals surface area contributed by atoms with Gasteiger partial charge in [-0.2, -0.15) is 0 Å². The number of allylic oxidation sites excluding steroid dienone is 4. The maximum atomic E-state index is 4.70. The van der Waals surface area contributed by atoms with Crippen LogP contribution in [0.25, 0.3) is 22.3 Å². The Hall–Kier alpha value is -6.44. The standard InChI is InChI=1S/C53H41N/c1-5-35(2)29-32-37(4)54(38-33-30-36(3)31-34-38)50-28-16-27-49-51(50)41-19-8-11-22-44(41)53(49)47-25-14-12-23-45(47)52(46-24-13-15-26-48(46)53)42-20-9-6-17-39(42)40-18-7-10-21-43(40)52/h5-34H,4H2,1-3H3/b32-29-,35-5-. The van der Waals surface area contributed by atoms with Gasteiger partial charge in [0.2, 0.25) is 0 Å². The molecule has 258 valence electrons. The molecular weight excluding hydrogens is 651 g/mol. The third kappa shape index (κ3) is 4.15. The largest absolute Gasteiger partial charge is 0.310 e. The highest BCUT2D eigenvalue weighted by Gasteiger charge is 2.59. The molecule has 1 heteroatoms. The van der Waals surface area contributed by atoms with Crippen LogP contribution in [0.3, 0.4) is 0 Å². The fourth-order valence-electron chi connectivity index (χ4n) is 10.0. The second-order valence-corrected chi connectivity index (χ2v) is 15.0. The molecule has 0 unspecified atom stereocenters. The van der Waals surface area contributed by atoms with Gasteiger partial charge in [-0.25, -0.2) is 0 Å². The summed E-state index contributed by atoms with van der Waals surface area (Å²) in [4.78, 5) is 2.35. The van der Waals surface area contributed by atoms with Crippen molar-refractivity contribution in [1.29, 1.82) is 0 Å². The van der Waals surface area contributed by atoms with Gasteiger partial charge < -0.3 is 4.90 Å². The van der Waals surface area contributed by atoms with E-state index in [4.69, 9.17) is 6.58 Å². The highest BCUT2D eigenvalue weighted by molar-refractivity contribution is 5.98. The van der Waals surface area contributed by atoms with E-state index >= 15 is 0 Å². The van der Waals surface area contributed by atoms with Crippen LogP contribution < -0.4 is 4.90 Å². The van der Waals surface area contributed by atoms with Crippen LogP contribution in [-0.4, -0.2) is 0 Å². The quantitative estimate of drug-likeness (QED) is 0.162. The van der Waals surface area contributed by atoms with Gasteiger partial charge in [-0.15, -0.1) is 0 Å². The van der Waals surface area contributed by atoms with Crippen LogP contribution in [0.2, 0.25) is 0 Å². The van der Waals surface area contributed by atoms with Gasteiger partial charge in [0.15, 0.2) is 0 Å². The Kier molecular flexibility index (Phi) is 7.19. The fraction of sp³-hybridized carbons (Fsp3) is 0.0943. The van der Waals surface area contributed by atoms with Crippen molar-refractivity contribution in [2.24, 2.45) is 0 Å². The lowest BCUT2D eigenvalue weighted by molar-refractivity contribution is 0.633. The lowest BCUT2D eigenvalue weighted by atomic mass is 9.52. The number of rotatable bonds is 5. The minimum absolute atomic E-state index is 0.460. The second kappa shape index (κ2) is 12.0. The van der Waals surface area contributed by atoms with Crippen LogP contribution >= 0.6 is 0 Å². The molecule has 0 aromatic heterocycles. The molecule has 54 heavy (non-hydrogen) atoms. The van der Waals surface area contributed by atoms with Crippen molar-refractivity contribution in [3.8, 4) is 22.3 Å². The normalized spacial score (nSPS) is 15.0. The van der Waals surface area contributed by atoms with E-state index in [1.165, 1.54) is 77.9 Å². The Morgan fingerprint density at radius 2 is 0.907 bits per heavy atom. The van der Waals surface area contributed by atoms with Gasteiger partial charge in [-0.1, -0.05) is 175 Å². The zero-order valence-electron chi connectivity index (χ0n) is 31.0. The minimum Gasteiger partial charge on any atom is -0.310 e. The van der Waals surface area contributed by atoms with Crippen LogP contribution in [0.4, 0.5) is 11.4 Å². The van der Waals surface area contributed by atoms with Crippen molar-refractivity contribution >= 4 is 11.4 Å². The monoisotopic (exact) mass is 691 g/mol. The van der Waals surface area contributed by atoms with E-state index in [0.717, 1.165) is 17.1 Å². The number of nitrogens with zero attached hydrogens (tertiary/aromatic N) is 1. The van der Waals surface area contributed by atoms with Gasteiger partial charge in [0.25, 0.3) is 0 Å². The summed E-state index contributed by atoms with van der Waals surface area (Å²) >= 11 is 0. The summed E-state index contributed by atoms with van der Waals surface area (Å²) in [5, 5.41) is 0. The average molecular weight is 692 g/mol. The number of hydrogen-bond donors (Lipinski definition) is 0. The molecule has 0 heterocycles. The predicted octanol–water partition coefficient (Wildman–Crippen LogP) is 13.2. The molecule has 0 atom stereocenters. The molecule has 0 saturated heterocycles. The number of anilines is 2. The molecule has 3 aliphatic carbocycles. The van der Waals surface area contributed by atoms with Crippen LogP contribution in [0.1, 0.15) is 63.9 Å². The van der Waals surface area contributed by atoms with Gasteiger partial charge >= 0.3 is 0 Å². The van der Waals surface area contributed by atoms with E-state index in [9.17, 15) is 0 Å². The molecule has 7 aromatic carbocycles. The van der Waals surface area contributed by atoms with Gasteiger partial charge in [-0.05, 0) is 106 Å². The zero-order chi connectivity index (χ0) is 36.6. The van der Waals surface area contributed by atoms with E-state index in [0.29, 0.717) is 0 Å². The smallest absolute Gasteiger partial charge is 0.0720 e. The van der Waals surface area contributed by atoms with E-state index in [2.05, 4.69) is 208 Å². The molecule has 0 saturated carbocycles. The van der Waals surface area contributed by atoms with Crippen molar-refractivity contribution in [3.05, 3.63) is 250 Å². The molecular formula is C53H41N. The summed E-state index contributed by atoms with van der Waals surface area (Å²) in [5.74, 6) is 0. The van der Waals surface area contributed by atoms with Crippen LogP contribution in [-0.2, 0) is 10.8 Å². The Morgan fingerprint density at radius 1 is 0.481 bits per heavy atom. The molecule has 2 spiro atoms. The number of aryl methyl sites for hydroxylation is 1. The molecule has 0 radical (unpaired) electrons. The molecule has 0 bridgehead atoms. The Labute approximate surface area is 318 Å². The first-order valence-electron chi connectivity index (χ1n) is 19.0. The Morgan fingerprint density at radius 3 is 1.43 bits per heavy atom. The first-order valence-corrected chi connectivity index (χ1v) is 19.0. The topological polar surface area (TPSA) is 3.24 Å². The summed E-state index contributed by atoms with van der Waals surface area (Å²) in [6.45, 7) is 11.0. The van der Waals surface area contributed by atoms with Gasteiger partial charge in [0.1, 0.15) is 0 Å². The van der Waals surface area contributed by atoms with E-state index in [-0.39, 0.29) is 0 Å². The van der Waals surface area contributed by atoms with E-state index < -0.39 is 10.8 Å². The molecule has 0 fully saturated rings. The van der Waals surface area contributed by atoms with Crippen LogP contribution in [0, 0.1) is 6.92 Å². The first kappa shape index (κ1) is 32.2. The number of fused-ring (bicyclic) bond motifs is 16. The summed E-state index contributed by atoms with van der Waals surface area (Å²) < 4.78 is 0. The maximum Gasteiger partial charge on any atom is 0.0720 e. The SMILES string of the molecule is C=C(/C=C\C(C)=C/C)N(c1ccc(C)cc1)c1cccc2c1-c1ccccc1C21c2ccccc2C2(c3ccccc3-c3ccccc32)c2ccccc21. The number of benzene rings is 7. The van der Waals surface area contributed by atoms with E-state index in [1.54, 1.807) is 0 Å². The van der Waals surface area contributed by atoms with Crippen LogP contribution in [0.15, 0.2) is 200 Å². The Bertz CT molecular complexity index is 2630. The average Bonchev–Trinajstić information content (AvgIpc) is 3.69. The maximum absolute atomic E-state index is 4.70. The molecule has 10 rings (SSSR count). The third-order valence-electron chi connectivity index (χ3n) is 12.3. The van der Waals surface area contributed by atoms with Gasteiger partial charge in [0, 0.05) is 16.9 Å². The summed E-state index contributed by atoms with van der Waals surface area (Å²) in [5.41, 5.74) is 20.4. The predicted molar refractivity (Wildman–Crippen MR) is 226 cm³/mol. The van der Waals surface area contributed by atoms with Crippen molar-refractivity contribution in [2.45, 2.75) is 31.6 Å². The molecule has 0 N–H and O–H groups in total. The third-order valence-corrected chi connectivity index (χ3v) is 12.3.